The van der Waals surface area contributed by atoms with Crippen molar-refractivity contribution in [3.05, 3.63) is 45.8 Å². The first-order chi connectivity index (χ1) is 14.4. The van der Waals surface area contributed by atoms with Gasteiger partial charge in [-0.1, -0.05) is 6.92 Å². The second kappa shape index (κ2) is 9.75. The van der Waals surface area contributed by atoms with E-state index in [1.165, 1.54) is 18.4 Å². The lowest BCUT2D eigenvalue weighted by molar-refractivity contribution is -0.119. The van der Waals surface area contributed by atoms with Crippen LogP contribution in [0.3, 0.4) is 0 Å². The summed E-state index contributed by atoms with van der Waals surface area (Å²) in [6, 6.07) is 6.40. The number of rotatable bonds is 7. The predicted molar refractivity (Wildman–Crippen MR) is 113 cm³/mol. The average Bonchev–Trinajstić information content (AvgIpc) is 3.09. The Bertz CT molecular complexity index is 934. The molecule has 30 heavy (non-hydrogen) atoms. The summed E-state index contributed by atoms with van der Waals surface area (Å²) >= 11 is 1.40. The van der Waals surface area contributed by atoms with E-state index < -0.39 is 24.5 Å². The highest BCUT2D eigenvalue weighted by Crippen LogP contribution is 2.40. The van der Waals surface area contributed by atoms with Gasteiger partial charge >= 0.3 is 11.9 Å². The maximum atomic E-state index is 12.5. The van der Waals surface area contributed by atoms with E-state index in [1.807, 2.05) is 0 Å². The van der Waals surface area contributed by atoms with Crippen LogP contribution in [-0.2, 0) is 27.1 Å². The molecule has 8 heteroatoms. The number of nitrogens with one attached hydrogen (secondary N) is 1. The van der Waals surface area contributed by atoms with Gasteiger partial charge < -0.3 is 19.5 Å². The fourth-order valence-electron chi connectivity index (χ4n) is 3.36. The minimum atomic E-state index is -0.613. The van der Waals surface area contributed by atoms with E-state index in [0.717, 1.165) is 29.7 Å². The van der Waals surface area contributed by atoms with E-state index in [4.69, 9.17) is 14.2 Å². The number of ether oxygens (including phenoxy) is 3. The van der Waals surface area contributed by atoms with Gasteiger partial charge in [0.25, 0.3) is 5.91 Å². The molecule has 1 N–H and O–H groups in total. The first kappa shape index (κ1) is 21.8. The van der Waals surface area contributed by atoms with Gasteiger partial charge in [0.1, 0.15) is 10.8 Å². The van der Waals surface area contributed by atoms with Crippen molar-refractivity contribution < 1.29 is 28.6 Å². The Morgan fingerprint density at radius 1 is 1.13 bits per heavy atom. The highest BCUT2D eigenvalue weighted by Gasteiger charge is 2.29. The average molecular weight is 432 g/mol. The maximum absolute atomic E-state index is 12.5. The van der Waals surface area contributed by atoms with Gasteiger partial charge in [0, 0.05) is 4.88 Å². The molecule has 0 saturated carbocycles. The van der Waals surface area contributed by atoms with Gasteiger partial charge in [-0.25, -0.2) is 9.59 Å². The van der Waals surface area contributed by atoms with Crippen LogP contribution in [0.1, 0.15) is 51.4 Å². The molecule has 0 bridgehead atoms. The summed E-state index contributed by atoms with van der Waals surface area (Å²) in [7, 11) is 1.53. The lowest BCUT2D eigenvalue weighted by atomic mass is 9.88. The zero-order valence-corrected chi connectivity index (χ0v) is 18.1. The second-order valence-electron chi connectivity index (χ2n) is 7.13. The molecule has 1 aliphatic carbocycles. The van der Waals surface area contributed by atoms with Crippen LogP contribution in [0, 0.1) is 5.92 Å². The highest BCUT2D eigenvalue weighted by molar-refractivity contribution is 7.17. The molecule has 0 aliphatic heterocycles. The Balaban J connectivity index is 1.68. The van der Waals surface area contributed by atoms with Crippen molar-refractivity contribution >= 4 is 34.2 Å². The van der Waals surface area contributed by atoms with Crippen LogP contribution in [-0.4, -0.2) is 38.2 Å². The Kier molecular flexibility index (Phi) is 7.10. The molecule has 0 fully saturated rings. The molecule has 1 amide bonds. The number of fused-ring (bicyclic) bond motifs is 1. The molecule has 1 aromatic carbocycles. The molecule has 1 aliphatic rings. The van der Waals surface area contributed by atoms with Crippen molar-refractivity contribution in [2.45, 2.75) is 33.1 Å². The topological polar surface area (TPSA) is 90.9 Å². The van der Waals surface area contributed by atoms with Crippen molar-refractivity contribution in [1.82, 2.24) is 0 Å². The van der Waals surface area contributed by atoms with Crippen molar-refractivity contribution in [1.29, 1.82) is 0 Å². The summed E-state index contributed by atoms with van der Waals surface area (Å²) in [5.41, 5.74) is 1.71. The van der Waals surface area contributed by atoms with E-state index in [9.17, 15) is 14.4 Å². The largest absolute Gasteiger partial charge is 0.497 e. The van der Waals surface area contributed by atoms with E-state index in [2.05, 4.69) is 12.2 Å². The first-order valence-electron chi connectivity index (χ1n) is 9.85. The summed E-state index contributed by atoms with van der Waals surface area (Å²) in [5, 5.41) is 3.19. The number of hydrogen-bond donors (Lipinski definition) is 1. The van der Waals surface area contributed by atoms with Gasteiger partial charge in [0.05, 0.1) is 24.8 Å². The summed E-state index contributed by atoms with van der Waals surface area (Å²) in [5.74, 6) is -0.408. The lowest BCUT2D eigenvalue weighted by Crippen LogP contribution is -2.22. The monoisotopic (exact) mass is 431 g/mol. The lowest BCUT2D eigenvalue weighted by Gasteiger charge is -2.18. The van der Waals surface area contributed by atoms with Crippen LogP contribution in [0.25, 0.3) is 0 Å². The molecular weight excluding hydrogens is 406 g/mol. The number of amides is 1. The van der Waals surface area contributed by atoms with Crippen molar-refractivity contribution in [2.24, 2.45) is 5.92 Å². The summed E-state index contributed by atoms with van der Waals surface area (Å²) in [4.78, 5) is 38.1. The SMILES string of the molecule is CCOC(=O)c1c(NC(=O)COC(=O)c2ccc(OC)cc2)sc2c1CCC(C)C2. The van der Waals surface area contributed by atoms with E-state index in [0.29, 0.717) is 27.8 Å². The van der Waals surface area contributed by atoms with E-state index >= 15 is 0 Å². The summed E-state index contributed by atoms with van der Waals surface area (Å²) in [6.45, 7) is 3.72. The Morgan fingerprint density at radius 3 is 2.53 bits per heavy atom. The van der Waals surface area contributed by atoms with Crippen molar-refractivity contribution in [3.8, 4) is 5.75 Å². The normalized spacial score (nSPS) is 15.1. The molecule has 3 rings (SSSR count). The van der Waals surface area contributed by atoms with Gasteiger partial charge in [-0.2, -0.15) is 0 Å². The van der Waals surface area contributed by atoms with Crippen LogP contribution >= 0.6 is 11.3 Å². The number of anilines is 1. The van der Waals surface area contributed by atoms with Gasteiger partial charge in [-0.3, -0.25) is 4.79 Å². The molecule has 0 spiro atoms. The third kappa shape index (κ3) is 4.99. The van der Waals surface area contributed by atoms with Crippen LogP contribution in [0.5, 0.6) is 5.75 Å². The minimum Gasteiger partial charge on any atom is -0.497 e. The van der Waals surface area contributed by atoms with Crippen LogP contribution in [0.4, 0.5) is 5.00 Å². The zero-order valence-electron chi connectivity index (χ0n) is 17.3. The van der Waals surface area contributed by atoms with Crippen LogP contribution in [0.2, 0.25) is 0 Å². The maximum Gasteiger partial charge on any atom is 0.341 e. The van der Waals surface area contributed by atoms with Gasteiger partial charge in [-0.15, -0.1) is 11.3 Å². The van der Waals surface area contributed by atoms with Crippen LogP contribution < -0.4 is 10.1 Å². The Hall–Kier alpha value is -2.87. The molecule has 7 nitrogen and oxygen atoms in total. The molecule has 0 saturated heterocycles. The van der Waals surface area contributed by atoms with Gasteiger partial charge in [-0.05, 0) is 61.9 Å². The first-order valence-corrected chi connectivity index (χ1v) is 10.7. The Morgan fingerprint density at radius 2 is 1.87 bits per heavy atom. The van der Waals surface area contributed by atoms with Crippen molar-refractivity contribution in [3.63, 3.8) is 0 Å². The zero-order chi connectivity index (χ0) is 21.7. The number of carbonyl (C=O) groups excluding carboxylic acids is 3. The third-order valence-corrected chi connectivity index (χ3v) is 6.07. The van der Waals surface area contributed by atoms with E-state index in [1.54, 1.807) is 31.2 Å². The van der Waals surface area contributed by atoms with E-state index in [-0.39, 0.29) is 6.61 Å². The smallest absolute Gasteiger partial charge is 0.341 e. The quantitative estimate of drug-likeness (QED) is 0.670. The predicted octanol–water partition coefficient (Wildman–Crippen LogP) is 3.85. The van der Waals surface area contributed by atoms with Crippen LogP contribution in [0.15, 0.2) is 24.3 Å². The fourth-order valence-corrected chi connectivity index (χ4v) is 4.78. The molecule has 1 aromatic heterocycles. The summed E-state index contributed by atoms with van der Waals surface area (Å²) in [6.07, 6.45) is 2.64. The standard InChI is InChI=1S/C22H25NO6S/c1-4-28-22(26)19-16-10-5-13(2)11-17(16)30-20(19)23-18(24)12-29-21(25)14-6-8-15(27-3)9-7-14/h6-9,13H,4-5,10-12H2,1-3H3,(H,23,24). The Labute approximate surface area is 179 Å². The molecule has 1 unspecified atom stereocenters. The molecular formula is C22H25NO6S. The van der Waals surface area contributed by atoms with Gasteiger partial charge in [0.15, 0.2) is 6.61 Å². The molecule has 0 radical (unpaired) electrons. The summed E-state index contributed by atoms with van der Waals surface area (Å²) < 4.78 is 15.3. The molecule has 1 atom stereocenters. The number of hydrogen-bond acceptors (Lipinski definition) is 7. The van der Waals surface area contributed by atoms with Crippen molar-refractivity contribution in [2.75, 3.05) is 25.6 Å². The number of thiophene rings is 1. The molecule has 1 heterocycles. The molecule has 160 valence electrons. The minimum absolute atomic E-state index is 0.257. The van der Waals surface area contributed by atoms with Gasteiger partial charge in [0.2, 0.25) is 0 Å². The number of methoxy groups -OCH3 is 1. The number of benzene rings is 1. The second-order valence-corrected chi connectivity index (χ2v) is 8.23. The fraction of sp³-hybridized carbons (Fsp3) is 0.409. The molecule has 2 aromatic rings. The third-order valence-electron chi connectivity index (χ3n) is 4.90. The number of carbonyl (C=O) groups is 3. The number of esters is 2. The highest BCUT2D eigenvalue weighted by atomic mass is 32.1.